The third kappa shape index (κ3) is 3.13. The van der Waals surface area contributed by atoms with Crippen molar-refractivity contribution in [2.75, 3.05) is 5.32 Å². The van der Waals surface area contributed by atoms with E-state index in [1.54, 1.807) is 12.1 Å². The third-order valence-corrected chi connectivity index (χ3v) is 3.85. The molecular weight excluding hydrogens is 289 g/mol. The van der Waals surface area contributed by atoms with Crippen LogP contribution in [0.4, 0.5) is 10.1 Å². The van der Waals surface area contributed by atoms with Crippen LogP contribution in [0.3, 0.4) is 0 Å². The summed E-state index contributed by atoms with van der Waals surface area (Å²) in [6, 6.07) is 10.9. The van der Waals surface area contributed by atoms with Gasteiger partial charge in [0.1, 0.15) is 17.2 Å². The summed E-state index contributed by atoms with van der Waals surface area (Å²) in [4.78, 5) is 0. The lowest BCUT2D eigenvalue weighted by Crippen LogP contribution is -2.24. The van der Waals surface area contributed by atoms with Crippen LogP contribution in [0.5, 0.6) is 5.75 Å². The minimum absolute atomic E-state index is 0.131. The van der Waals surface area contributed by atoms with E-state index in [1.165, 1.54) is 11.6 Å². The Labute approximate surface area is 128 Å². The molecule has 1 heterocycles. The maximum Gasteiger partial charge on any atom is 0.143 e. The van der Waals surface area contributed by atoms with Gasteiger partial charge in [0.05, 0.1) is 5.02 Å². The lowest BCUT2D eigenvalue weighted by atomic mass is 10.0. The summed E-state index contributed by atoms with van der Waals surface area (Å²) >= 11 is 5.67. The van der Waals surface area contributed by atoms with Gasteiger partial charge in [-0.3, -0.25) is 0 Å². The second-order valence-corrected chi connectivity index (χ2v) is 6.37. The molecule has 2 aromatic rings. The SMILES string of the molecule is CC1(C)Cc2cc(CNc3ccc(Cl)c(F)c3)ccc2O1. The summed E-state index contributed by atoms with van der Waals surface area (Å²) in [6.07, 6.45) is 0.908. The van der Waals surface area contributed by atoms with Gasteiger partial charge in [-0.05, 0) is 49.2 Å². The van der Waals surface area contributed by atoms with Crippen molar-refractivity contribution in [3.63, 3.8) is 0 Å². The Bertz CT molecular complexity index is 684. The van der Waals surface area contributed by atoms with E-state index in [1.807, 2.05) is 12.1 Å². The molecule has 21 heavy (non-hydrogen) atoms. The highest BCUT2D eigenvalue weighted by Crippen LogP contribution is 2.35. The summed E-state index contributed by atoms with van der Waals surface area (Å²) < 4.78 is 19.2. The Hall–Kier alpha value is -1.74. The lowest BCUT2D eigenvalue weighted by Gasteiger charge is -2.16. The summed E-state index contributed by atoms with van der Waals surface area (Å²) in [5, 5.41) is 3.34. The molecule has 1 N–H and O–H groups in total. The molecule has 2 aromatic carbocycles. The van der Waals surface area contributed by atoms with Gasteiger partial charge in [0.15, 0.2) is 0 Å². The van der Waals surface area contributed by atoms with E-state index in [0.29, 0.717) is 12.2 Å². The summed E-state index contributed by atoms with van der Waals surface area (Å²) in [5.41, 5.74) is 2.95. The number of benzene rings is 2. The van der Waals surface area contributed by atoms with Crippen LogP contribution < -0.4 is 10.1 Å². The fraction of sp³-hybridized carbons (Fsp3) is 0.294. The number of ether oxygens (including phenoxy) is 1. The van der Waals surface area contributed by atoms with E-state index in [-0.39, 0.29) is 10.6 Å². The van der Waals surface area contributed by atoms with Crippen LogP contribution in [0, 0.1) is 5.82 Å². The molecule has 0 aliphatic carbocycles. The largest absolute Gasteiger partial charge is 0.487 e. The van der Waals surface area contributed by atoms with E-state index in [2.05, 4.69) is 25.2 Å². The van der Waals surface area contributed by atoms with Crippen LogP contribution in [0.25, 0.3) is 0 Å². The van der Waals surface area contributed by atoms with Gasteiger partial charge < -0.3 is 10.1 Å². The molecule has 0 radical (unpaired) electrons. The number of nitrogens with one attached hydrogen (secondary N) is 1. The minimum Gasteiger partial charge on any atom is -0.487 e. The molecule has 0 amide bonds. The fourth-order valence-electron chi connectivity index (χ4n) is 2.58. The number of hydrogen-bond acceptors (Lipinski definition) is 2. The van der Waals surface area contributed by atoms with Crippen LogP contribution in [-0.4, -0.2) is 5.60 Å². The first kappa shape index (κ1) is 14.2. The molecule has 0 saturated heterocycles. The zero-order valence-electron chi connectivity index (χ0n) is 12.0. The van der Waals surface area contributed by atoms with E-state index in [0.717, 1.165) is 17.7 Å². The van der Waals surface area contributed by atoms with Crippen molar-refractivity contribution in [2.24, 2.45) is 0 Å². The molecule has 1 aliphatic heterocycles. The van der Waals surface area contributed by atoms with Crippen LogP contribution in [0.1, 0.15) is 25.0 Å². The van der Waals surface area contributed by atoms with E-state index in [4.69, 9.17) is 16.3 Å². The fourth-order valence-corrected chi connectivity index (χ4v) is 2.70. The summed E-state index contributed by atoms with van der Waals surface area (Å²) in [6.45, 7) is 4.80. The number of rotatable bonds is 3. The smallest absolute Gasteiger partial charge is 0.143 e. The first-order valence-electron chi connectivity index (χ1n) is 6.93. The standard InChI is InChI=1S/C17H17ClFNO/c1-17(2)9-12-7-11(3-6-16(12)21-17)10-20-13-4-5-14(18)15(19)8-13/h3-8,20H,9-10H2,1-2H3. The average Bonchev–Trinajstić information content (AvgIpc) is 2.73. The highest BCUT2D eigenvalue weighted by atomic mass is 35.5. The maximum atomic E-state index is 13.4. The van der Waals surface area contributed by atoms with Gasteiger partial charge in [-0.15, -0.1) is 0 Å². The zero-order valence-corrected chi connectivity index (χ0v) is 12.8. The van der Waals surface area contributed by atoms with Crippen molar-refractivity contribution < 1.29 is 9.13 Å². The number of halogens is 2. The molecule has 2 nitrogen and oxygen atoms in total. The molecule has 0 bridgehead atoms. The van der Waals surface area contributed by atoms with Crippen LogP contribution in [0.15, 0.2) is 36.4 Å². The number of hydrogen-bond donors (Lipinski definition) is 1. The van der Waals surface area contributed by atoms with Crippen molar-refractivity contribution in [1.29, 1.82) is 0 Å². The second-order valence-electron chi connectivity index (χ2n) is 5.96. The van der Waals surface area contributed by atoms with Crippen molar-refractivity contribution in [3.05, 3.63) is 58.4 Å². The Morgan fingerprint density at radius 3 is 2.81 bits per heavy atom. The first-order chi connectivity index (χ1) is 9.93. The van der Waals surface area contributed by atoms with Crippen molar-refractivity contribution in [1.82, 2.24) is 0 Å². The van der Waals surface area contributed by atoms with Crippen LogP contribution in [0.2, 0.25) is 5.02 Å². The van der Waals surface area contributed by atoms with Gasteiger partial charge in [-0.1, -0.05) is 23.7 Å². The van der Waals surface area contributed by atoms with E-state index in [9.17, 15) is 4.39 Å². The molecule has 3 rings (SSSR count). The predicted octanol–water partition coefficient (Wildman–Crippen LogP) is 4.80. The van der Waals surface area contributed by atoms with Gasteiger partial charge in [0.2, 0.25) is 0 Å². The zero-order chi connectivity index (χ0) is 15.0. The molecule has 0 aromatic heterocycles. The summed E-state index contributed by atoms with van der Waals surface area (Å²) in [7, 11) is 0. The van der Waals surface area contributed by atoms with Crippen LogP contribution in [-0.2, 0) is 13.0 Å². The van der Waals surface area contributed by atoms with Gasteiger partial charge in [-0.2, -0.15) is 0 Å². The molecule has 4 heteroatoms. The highest BCUT2D eigenvalue weighted by Gasteiger charge is 2.29. The molecule has 110 valence electrons. The lowest BCUT2D eigenvalue weighted by molar-refractivity contribution is 0.138. The minimum atomic E-state index is -0.411. The second kappa shape index (κ2) is 5.23. The topological polar surface area (TPSA) is 21.3 Å². The van der Waals surface area contributed by atoms with Gasteiger partial charge >= 0.3 is 0 Å². The Balaban J connectivity index is 1.71. The van der Waals surface area contributed by atoms with E-state index < -0.39 is 5.82 Å². The first-order valence-corrected chi connectivity index (χ1v) is 7.30. The normalized spacial score (nSPS) is 15.4. The van der Waals surface area contributed by atoms with Gasteiger partial charge in [0.25, 0.3) is 0 Å². The Morgan fingerprint density at radius 2 is 2.05 bits per heavy atom. The van der Waals surface area contributed by atoms with Crippen molar-refractivity contribution >= 4 is 17.3 Å². The number of anilines is 1. The maximum absolute atomic E-state index is 13.4. The quantitative estimate of drug-likeness (QED) is 0.879. The third-order valence-electron chi connectivity index (χ3n) is 3.54. The molecule has 0 spiro atoms. The summed E-state index contributed by atoms with van der Waals surface area (Å²) in [5.74, 6) is 0.548. The van der Waals surface area contributed by atoms with E-state index >= 15 is 0 Å². The Kier molecular flexibility index (Phi) is 3.54. The van der Waals surface area contributed by atoms with Gasteiger partial charge in [0, 0.05) is 18.7 Å². The van der Waals surface area contributed by atoms with Crippen molar-refractivity contribution in [3.8, 4) is 5.75 Å². The molecule has 0 unspecified atom stereocenters. The van der Waals surface area contributed by atoms with Crippen molar-refractivity contribution in [2.45, 2.75) is 32.4 Å². The average molecular weight is 306 g/mol. The molecule has 1 aliphatic rings. The Morgan fingerprint density at radius 1 is 1.24 bits per heavy atom. The number of fused-ring (bicyclic) bond motifs is 1. The predicted molar refractivity (Wildman–Crippen MR) is 83.6 cm³/mol. The molecule has 0 fully saturated rings. The van der Waals surface area contributed by atoms with Crippen LogP contribution >= 0.6 is 11.6 Å². The highest BCUT2D eigenvalue weighted by molar-refractivity contribution is 6.30. The monoisotopic (exact) mass is 305 g/mol. The molecule has 0 atom stereocenters. The molecular formula is C17H17ClFNO. The van der Waals surface area contributed by atoms with Gasteiger partial charge in [-0.25, -0.2) is 4.39 Å². The molecule has 0 saturated carbocycles.